The summed E-state index contributed by atoms with van der Waals surface area (Å²) in [5, 5.41) is 35.0. The van der Waals surface area contributed by atoms with Gasteiger partial charge in [0.1, 0.15) is 0 Å². The molecule has 7 nitrogen and oxygen atoms in total. The molecule has 16 heavy (non-hydrogen) atoms. The van der Waals surface area contributed by atoms with Gasteiger partial charge in [-0.1, -0.05) is 0 Å². The van der Waals surface area contributed by atoms with Gasteiger partial charge in [-0.2, -0.15) is 0 Å². The Morgan fingerprint density at radius 1 is 1.25 bits per heavy atom. The van der Waals surface area contributed by atoms with E-state index in [-0.39, 0.29) is 5.56 Å². The molecule has 0 heterocycles. The van der Waals surface area contributed by atoms with Gasteiger partial charge in [-0.15, -0.1) is 0 Å². The van der Waals surface area contributed by atoms with Crippen molar-refractivity contribution >= 4 is 12.4 Å². The SMILES string of the molecule is COC=O.O=C(O)c1cc(O)c(O)c(O)c1. The van der Waals surface area contributed by atoms with Crippen molar-refractivity contribution in [3.63, 3.8) is 0 Å². The van der Waals surface area contributed by atoms with Crippen LogP contribution in [0.2, 0.25) is 0 Å². The Kier molecular flexibility index (Phi) is 5.19. The van der Waals surface area contributed by atoms with Crippen molar-refractivity contribution in [1.82, 2.24) is 0 Å². The molecule has 0 aliphatic carbocycles. The lowest BCUT2D eigenvalue weighted by atomic mass is 10.2. The molecule has 0 fully saturated rings. The fourth-order valence-corrected chi connectivity index (χ4v) is 0.728. The van der Waals surface area contributed by atoms with E-state index in [4.69, 9.17) is 25.2 Å². The second kappa shape index (κ2) is 6.12. The predicted octanol–water partition coefficient (Wildman–Crippen LogP) is 0.291. The van der Waals surface area contributed by atoms with Gasteiger partial charge in [0.15, 0.2) is 17.2 Å². The predicted molar refractivity (Wildman–Crippen MR) is 51.5 cm³/mol. The summed E-state index contributed by atoms with van der Waals surface area (Å²) in [7, 11) is 1.31. The lowest BCUT2D eigenvalue weighted by Crippen LogP contribution is -1.95. The van der Waals surface area contributed by atoms with E-state index in [9.17, 15) is 4.79 Å². The van der Waals surface area contributed by atoms with Crippen LogP contribution in [0.3, 0.4) is 0 Å². The quantitative estimate of drug-likeness (QED) is 0.425. The molecule has 0 amide bonds. The summed E-state index contributed by atoms with van der Waals surface area (Å²) in [5.41, 5.74) is -0.289. The fraction of sp³-hybridized carbons (Fsp3) is 0.111. The molecule has 7 heteroatoms. The van der Waals surface area contributed by atoms with Gasteiger partial charge < -0.3 is 25.2 Å². The molecule has 0 aliphatic heterocycles. The number of phenols is 3. The first-order valence-corrected chi connectivity index (χ1v) is 3.88. The molecule has 0 saturated carbocycles. The summed E-state index contributed by atoms with van der Waals surface area (Å²) < 4.78 is 3.86. The minimum absolute atomic E-state index is 0.289. The van der Waals surface area contributed by atoms with Crippen LogP contribution in [0.5, 0.6) is 17.2 Å². The van der Waals surface area contributed by atoms with Gasteiger partial charge in [0.2, 0.25) is 0 Å². The normalized spacial score (nSPS) is 8.56. The Morgan fingerprint density at radius 2 is 1.62 bits per heavy atom. The highest BCUT2D eigenvalue weighted by molar-refractivity contribution is 5.89. The fourth-order valence-electron chi connectivity index (χ4n) is 0.728. The lowest BCUT2D eigenvalue weighted by molar-refractivity contribution is -0.126. The minimum Gasteiger partial charge on any atom is -0.504 e. The molecular formula is C9H10O7. The molecule has 1 aromatic carbocycles. The van der Waals surface area contributed by atoms with Crippen molar-refractivity contribution in [3.8, 4) is 17.2 Å². The van der Waals surface area contributed by atoms with Crippen LogP contribution in [0.4, 0.5) is 0 Å². The van der Waals surface area contributed by atoms with Crippen molar-refractivity contribution in [2.45, 2.75) is 0 Å². The van der Waals surface area contributed by atoms with Crippen LogP contribution < -0.4 is 0 Å². The molecule has 0 bridgehead atoms. The first-order chi connectivity index (χ1) is 7.43. The number of ether oxygens (including phenoxy) is 1. The number of rotatable bonds is 2. The number of methoxy groups -OCH3 is 1. The third-order valence-corrected chi connectivity index (χ3v) is 1.41. The van der Waals surface area contributed by atoms with E-state index < -0.39 is 23.2 Å². The van der Waals surface area contributed by atoms with Gasteiger partial charge in [-0.25, -0.2) is 4.79 Å². The molecule has 4 N–H and O–H groups in total. The van der Waals surface area contributed by atoms with Gasteiger partial charge in [-0.05, 0) is 12.1 Å². The number of phenolic OH excluding ortho intramolecular Hbond substituents is 3. The molecule has 0 atom stereocenters. The summed E-state index contributed by atoms with van der Waals surface area (Å²) in [6.45, 7) is 0.375. The molecule has 0 unspecified atom stereocenters. The molecule has 1 aromatic rings. The Morgan fingerprint density at radius 3 is 1.88 bits per heavy atom. The van der Waals surface area contributed by atoms with Crippen LogP contribution in [-0.4, -0.2) is 40.0 Å². The smallest absolute Gasteiger partial charge is 0.335 e. The number of carbonyl (C=O) groups is 2. The number of hydrogen-bond acceptors (Lipinski definition) is 6. The summed E-state index contributed by atoms with van der Waals surface area (Å²) in [6.07, 6.45) is 0. The highest BCUT2D eigenvalue weighted by Crippen LogP contribution is 2.35. The topological polar surface area (TPSA) is 124 Å². The van der Waals surface area contributed by atoms with Crippen LogP contribution in [0, 0.1) is 0 Å². The zero-order chi connectivity index (χ0) is 12.7. The average molecular weight is 230 g/mol. The Hall–Kier alpha value is -2.44. The zero-order valence-electron chi connectivity index (χ0n) is 8.25. The van der Waals surface area contributed by atoms with E-state index in [2.05, 4.69) is 4.74 Å². The molecule has 0 aliphatic rings. The first-order valence-electron chi connectivity index (χ1n) is 3.88. The molecule has 0 spiro atoms. The number of carbonyl (C=O) groups excluding carboxylic acids is 1. The highest BCUT2D eigenvalue weighted by atomic mass is 16.5. The average Bonchev–Trinajstić information content (AvgIpc) is 2.25. The largest absolute Gasteiger partial charge is 0.504 e. The van der Waals surface area contributed by atoms with Gasteiger partial charge >= 0.3 is 5.97 Å². The number of carboxylic acids is 1. The van der Waals surface area contributed by atoms with E-state index in [1.54, 1.807) is 0 Å². The number of aromatic carboxylic acids is 1. The van der Waals surface area contributed by atoms with Crippen molar-refractivity contribution in [2.24, 2.45) is 0 Å². The standard InChI is InChI=1S/C7H6O5.C2H4O2/c8-4-1-3(7(11)12)2-5(9)6(4)10;1-4-2-3/h1-2,8-10H,(H,11,12);2H,1H3. The summed E-state index contributed by atoms with van der Waals surface area (Å²) >= 11 is 0. The maximum atomic E-state index is 10.3. The van der Waals surface area contributed by atoms with Crippen molar-refractivity contribution in [2.75, 3.05) is 7.11 Å². The van der Waals surface area contributed by atoms with Gasteiger partial charge in [-0.3, -0.25) is 4.79 Å². The first kappa shape index (κ1) is 13.6. The number of carboxylic acid groups (broad SMARTS) is 1. The van der Waals surface area contributed by atoms with Crippen molar-refractivity contribution in [3.05, 3.63) is 17.7 Å². The highest BCUT2D eigenvalue weighted by Gasteiger charge is 2.11. The molecule has 0 saturated heterocycles. The molecule has 0 aromatic heterocycles. The van der Waals surface area contributed by atoms with Crippen LogP contribution >= 0.6 is 0 Å². The molecule has 1 rings (SSSR count). The van der Waals surface area contributed by atoms with Crippen molar-refractivity contribution in [1.29, 1.82) is 0 Å². The van der Waals surface area contributed by atoms with E-state index >= 15 is 0 Å². The summed E-state index contributed by atoms with van der Waals surface area (Å²) in [5.74, 6) is -3.33. The molecular weight excluding hydrogens is 220 g/mol. The van der Waals surface area contributed by atoms with E-state index in [1.807, 2.05) is 0 Å². The van der Waals surface area contributed by atoms with E-state index in [0.29, 0.717) is 6.47 Å². The Labute approximate surface area is 90.1 Å². The summed E-state index contributed by atoms with van der Waals surface area (Å²) in [6, 6.07) is 1.69. The van der Waals surface area contributed by atoms with E-state index in [1.165, 1.54) is 7.11 Å². The van der Waals surface area contributed by atoms with Gasteiger partial charge in [0, 0.05) is 0 Å². The third kappa shape index (κ3) is 3.74. The monoisotopic (exact) mass is 230 g/mol. The van der Waals surface area contributed by atoms with E-state index in [0.717, 1.165) is 12.1 Å². The molecule has 0 radical (unpaired) electrons. The third-order valence-electron chi connectivity index (χ3n) is 1.41. The van der Waals surface area contributed by atoms with Gasteiger partial charge in [0.05, 0.1) is 12.7 Å². The maximum Gasteiger partial charge on any atom is 0.335 e. The second-order valence-electron chi connectivity index (χ2n) is 2.50. The van der Waals surface area contributed by atoms with Gasteiger partial charge in [0.25, 0.3) is 6.47 Å². The van der Waals surface area contributed by atoms with Crippen LogP contribution in [-0.2, 0) is 9.53 Å². The van der Waals surface area contributed by atoms with Crippen LogP contribution in [0.15, 0.2) is 12.1 Å². The number of hydrogen-bond donors (Lipinski definition) is 4. The van der Waals surface area contributed by atoms with Crippen LogP contribution in [0.25, 0.3) is 0 Å². The Bertz CT molecular complexity index is 362. The number of aromatic hydroxyl groups is 3. The maximum absolute atomic E-state index is 10.3. The molecule has 88 valence electrons. The van der Waals surface area contributed by atoms with Crippen LogP contribution in [0.1, 0.15) is 10.4 Å². The van der Waals surface area contributed by atoms with Crippen molar-refractivity contribution < 1.29 is 34.8 Å². The zero-order valence-corrected chi connectivity index (χ0v) is 8.25. The number of benzene rings is 1. The summed E-state index contributed by atoms with van der Waals surface area (Å²) in [4.78, 5) is 19.3. The minimum atomic E-state index is -1.29. The Balaban J connectivity index is 0.000000487. The lowest BCUT2D eigenvalue weighted by Gasteiger charge is -2.01. The second-order valence-corrected chi connectivity index (χ2v) is 2.50.